The third kappa shape index (κ3) is 4.19. The highest BCUT2D eigenvalue weighted by Crippen LogP contribution is 2.27. The van der Waals surface area contributed by atoms with E-state index in [0.29, 0.717) is 17.5 Å². The molecule has 102 valence electrons. The van der Waals surface area contributed by atoms with Crippen LogP contribution < -0.4 is 0 Å². The third-order valence-electron chi connectivity index (χ3n) is 3.10. The molecular weight excluding hydrogens is 241 g/mol. The molecule has 0 aromatic heterocycles. The minimum absolute atomic E-state index is 0.0282. The van der Waals surface area contributed by atoms with Gasteiger partial charge in [-0.05, 0) is 42.5 Å². The van der Waals surface area contributed by atoms with E-state index in [-0.39, 0.29) is 11.7 Å². The van der Waals surface area contributed by atoms with Crippen LogP contribution in [-0.4, -0.2) is 23.4 Å². The lowest BCUT2D eigenvalue weighted by atomic mass is 10.2. The van der Waals surface area contributed by atoms with Gasteiger partial charge in [0.15, 0.2) is 0 Å². The third-order valence-corrected chi connectivity index (χ3v) is 3.10. The molecule has 0 heterocycles. The summed E-state index contributed by atoms with van der Waals surface area (Å²) in [5, 5.41) is 0. The van der Waals surface area contributed by atoms with E-state index in [2.05, 4.69) is 13.8 Å². The molecule has 0 aliphatic heterocycles. The van der Waals surface area contributed by atoms with Crippen LogP contribution in [0.15, 0.2) is 30.3 Å². The van der Waals surface area contributed by atoms with Crippen molar-refractivity contribution in [3.63, 3.8) is 0 Å². The lowest BCUT2D eigenvalue weighted by molar-refractivity contribution is -0.127. The predicted octanol–water partition coefficient (Wildman–Crippen LogP) is 3.49. The highest BCUT2D eigenvalue weighted by molar-refractivity contribution is 5.92. The zero-order chi connectivity index (χ0) is 13.8. The maximum absolute atomic E-state index is 13.0. The molecular formula is C16H20FNO. The molecule has 3 heteroatoms. The van der Waals surface area contributed by atoms with Crippen molar-refractivity contribution in [2.45, 2.75) is 32.7 Å². The fourth-order valence-corrected chi connectivity index (χ4v) is 2.07. The fraction of sp³-hybridized carbons (Fsp3) is 0.438. The van der Waals surface area contributed by atoms with Crippen molar-refractivity contribution in [3.05, 3.63) is 41.7 Å². The molecule has 19 heavy (non-hydrogen) atoms. The monoisotopic (exact) mass is 261 g/mol. The topological polar surface area (TPSA) is 20.3 Å². The van der Waals surface area contributed by atoms with Gasteiger partial charge in [-0.1, -0.05) is 26.0 Å². The summed E-state index contributed by atoms with van der Waals surface area (Å²) in [6, 6.07) is 6.66. The van der Waals surface area contributed by atoms with Crippen molar-refractivity contribution >= 4 is 12.0 Å². The van der Waals surface area contributed by atoms with Gasteiger partial charge < -0.3 is 4.90 Å². The first-order valence-electron chi connectivity index (χ1n) is 6.80. The summed E-state index contributed by atoms with van der Waals surface area (Å²) in [6.07, 6.45) is 5.44. The maximum atomic E-state index is 13.0. The van der Waals surface area contributed by atoms with Gasteiger partial charge in [0.1, 0.15) is 5.82 Å². The standard InChI is InChI=1S/C16H20FNO/c1-12(2)11-18(15-7-8-15)16(19)9-6-13-4-3-5-14(17)10-13/h3-6,9-10,12,15H,7-8,11H2,1-2H3/b9-6+. The van der Waals surface area contributed by atoms with Gasteiger partial charge in [0.05, 0.1) is 0 Å². The zero-order valence-electron chi connectivity index (χ0n) is 11.5. The molecule has 0 N–H and O–H groups in total. The van der Waals surface area contributed by atoms with Crippen LogP contribution in [0.25, 0.3) is 6.08 Å². The second kappa shape index (κ2) is 6.00. The average Bonchev–Trinajstić information content (AvgIpc) is 3.17. The summed E-state index contributed by atoms with van der Waals surface area (Å²) in [7, 11) is 0. The van der Waals surface area contributed by atoms with Crippen LogP contribution in [0.5, 0.6) is 0 Å². The molecule has 1 saturated carbocycles. The second-order valence-corrected chi connectivity index (χ2v) is 5.50. The Bertz CT molecular complexity index is 477. The fourth-order valence-electron chi connectivity index (χ4n) is 2.07. The van der Waals surface area contributed by atoms with Gasteiger partial charge in [-0.3, -0.25) is 4.79 Å². The largest absolute Gasteiger partial charge is 0.336 e. The molecule has 1 aliphatic rings. The molecule has 1 fully saturated rings. The Labute approximate surface area is 113 Å². The van der Waals surface area contributed by atoms with Crippen LogP contribution in [-0.2, 0) is 4.79 Å². The van der Waals surface area contributed by atoms with Gasteiger partial charge in [-0.2, -0.15) is 0 Å². The van der Waals surface area contributed by atoms with Crippen molar-refractivity contribution in [1.29, 1.82) is 0 Å². The van der Waals surface area contributed by atoms with Crippen molar-refractivity contribution < 1.29 is 9.18 Å². The Hall–Kier alpha value is -1.64. The van der Waals surface area contributed by atoms with Crippen molar-refractivity contribution in [2.75, 3.05) is 6.54 Å². The molecule has 0 spiro atoms. The summed E-state index contributed by atoms with van der Waals surface area (Å²) in [5.74, 6) is 0.211. The zero-order valence-corrected chi connectivity index (χ0v) is 11.5. The van der Waals surface area contributed by atoms with E-state index in [1.807, 2.05) is 4.90 Å². The highest BCUT2D eigenvalue weighted by atomic mass is 19.1. The van der Waals surface area contributed by atoms with Gasteiger partial charge >= 0.3 is 0 Å². The summed E-state index contributed by atoms with van der Waals surface area (Å²) in [5.41, 5.74) is 0.716. The molecule has 0 bridgehead atoms. The average molecular weight is 261 g/mol. The Morgan fingerprint density at radius 1 is 1.47 bits per heavy atom. The van der Waals surface area contributed by atoms with E-state index >= 15 is 0 Å². The molecule has 0 saturated heterocycles. The first-order chi connectivity index (χ1) is 9.06. The van der Waals surface area contributed by atoms with Crippen molar-refractivity contribution in [3.8, 4) is 0 Å². The number of amides is 1. The number of benzene rings is 1. The van der Waals surface area contributed by atoms with Gasteiger partial charge in [-0.15, -0.1) is 0 Å². The number of carbonyl (C=O) groups excluding carboxylic acids is 1. The van der Waals surface area contributed by atoms with Crippen LogP contribution >= 0.6 is 0 Å². The summed E-state index contributed by atoms with van der Waals surface area (Å²) < 4.78 is 13.0. The van der Waals surface area contributed by atoms with Gasteiger partial charge in [-0.25, -0.2) is 4.39 Å². The van der Waals surface area contributed by atoms with Crippen LogP contribution in [0.2, 0.25) is 0 Å². The highest BCUT2D eigenvalue weighted by Gasteiger charge is 2.31. The number of hydrogen-bond donors (Lipinski definition) is 0. The van der Waals surface area contributed by atoms with Crippen LogP contribution in [0.1, 0.15) is 32.3 Å². The first-order valence-corrected chi connectivity index (χ1v) is 6.80. The van der Waals surface area contributed by atoms with E-state index in [4.69, 9.17) is 0 Å². The number of nitrogens with zero attached hydrogens (tertiary/aromatic N) is 1. The van der Waals surface area contributed by atoms with E-state index < -0.39 is 0 Å². The van der Waals surface area contributed by atoms with Gasteiger partial charge in [0, 0.05) is 18.7 Å². The lowest BCUT2D eigenvalue weighted by Crippen LogP contribution is -2.34. The van der Waals surface area contributed by atoms with Crippen molar-refractivity contribution in [1.82, 2.24) is 4.90 Å². The Balaban J connectivity index is 2.02. The SMILES string of the molecule is CC(C)CN(C(=O)/C=C/c1cccc(F)c1)C1CC1. The van der Waals surface area contributed by atoms with Gasteiger partial charge in [0.25, 0.3) is 0 Å². The smallest absolute Gasteiger partial charge is 0.246 e. The van der Waals surface area contributed by atoms with E-state index in [0.717, 1.165) is 19.4 Å². The summed E-state index contributed by atoms with van der Waals surface area (Å²) in [6.45, 7) is 5.01. The Morgan fingerprint density at radius 2 is 2.21 bits per heavy atom. The van der Waals surface area contributed by atoms with E-state index in [1.54, 1.807) is 24.3 Å². The quantitative estimate of drug-likeness (QED) is 0.743. The maximum Gasteiger partial charge on any atom is 0.246 e. The molecule has 0 unspecified atom stereocenters. The summed E-state index contributed by atoms with van der Waals surface area (Å²) >= 11 is 0. The van der Waals surface area contributed by atoms with Crippen LogP contribution in [0, 0.1) is 11.7 Å². The number of carbonyl (C=O) groups is 1. The molecule has 1 aromatic carbocycles. The molecule has 2 rings (SSSR count). The number of hydrogen-bond acceptors (Lipinski definition) is 1. The van der Waals surface area contributed by atoms with Crippen molar-refractivity contribution in [2.24, 2.45) is 5.92 Å². The van der Waals surface area contributed by atoms with E-state index in [1.165, 1.54) is 12.1 Å². The number of halogens is 1. The normalized spacial score (nSPS) is 15.2. The molecule has 0 radical (unpaired) electrons. The minimum atomic E-state index is -0.282. The van der Waals surface area contributed by atoms with Gasteiger partial charge in [0.2, 0.25) is 5.91 Å². The molecule has 0 atom stereocenters. The second-order valence-electron chi connectivity index (χ2n) is 5.50. The molecule has 1 aliphatic carbocycles. The Kier molecular flexibility index (Phi) is 4.35. The van der Waals surface area contributed by atoms with Crippen LogP contribution in [0.4, 0.5) is 4.39 Å². The lowest BCUT2D eigenvalue weighted by Gasteiger charge is -2.22. The molecule has 2 nitrogen and oxygen atoms in total. The molecule has 1 aromatic rings. The summed E-state index contributed by atoms with van der Waals surface area (Å²) in [4.78, 5) is 14.1. The Morgan fingerprint density at radius 3 is 2.79 bits per heavy atom. The molecule has 1 amide bonds. The first kappa shape index (κ1) is 13.8. The number of rotatable bonds is 5. The predicted molar refractivity (Wildman–Crippen MR) is 75.0 cm³/mol. The minimum Gasteiger partial charge on any atom is -0.336 e. The van der Waals surface area contributed by atoms with E-state index in [9.17, 15) is 9.18 Å². The van der Waals surface area contributed by atoms with Crippen LogP contribution in [0.3, 0.4) is 0 Å².